The van der Waals surface area contributed by atoms with Crippen LogP contribution >= 0.6 is 0 Å². The summed E-state index contributed by atoms with van der Waals surface area (Å²) >= 11 is 0. The van der Waals surface area contributed by atoms with Crippen LogP contribution in [0.4, 0.5) is 5.69 Å². The standard InChI is InChI=1S/C44H26N4/c1-46-29-25-26-37-36-18-7-11-23-42(36)48(44(37)27-29)43-24-12-19-32(38(43)28-45)30-13-2-3-14-31(30)33-15-4-8-20-39(33)47-40-21-9-5-16-34(40)35-17-6-10-22-41(35)47/h2-27H. The van der Waals surface area contributed by atoms with Crippen molar-refractivity contribution >= 4 is 49.3 Å². The molecule has 0 N–H and O–H groups in total. The second-order valence-electron chi connectivity index (χ2n) is 11.9. The summed E-state index contributed by atoms with van der Waals surface area (Å²) in [6.45, 7) is 7.68. The number of hydrogen-bond donors (Lipinski definition) is 0. The van der Waals surface area contributed by atoms with Gasteiger partial charge in [0.1, 0.15) is 6.07 Å². The Labute approximate surface area is 277 Å². The summed E-state index contributed by atoms with van der Waals surface area (Å²) < 4.78 is 4.49. The van der Waals surface area contributed by atoms with Gasteiger partial charge in [0, 0.05) is 38.2 Å². The fraction of sp³-hybridized carbons (Fsp3) is 0. The third-order valence-electron chi connectivity index (χ3n) is 9.41. The Morgan fingerprint density at radius 1 is 0.438 bits per heavy atom. The van der Waals surface area contributed by atoms with Gasteiger partial charge in [-0.1, -0.05) is 121 Å². The van der Waals surface area contributed by atoms with Crippen LogP contribution in [-0.2, 0) is 0 Å². The van der Waals surface area contributed by atoms with Gasteiger partial charge in [-0.3, -0.25) is 0 Å². The number of nitrogens with zero attached hydrogens (tertiary/aromatic N) is 4. The van der Waals surface area contributed by atoms with E-state index in [1.807, 2.05) is 54.6 Å². The van der Waals surface area contributed by atoms with E-state index in [9.17, 15) is 5.26 Å². The van der Waals surface area contributed by atoms with E-state index < -0.39 is 0 Å². The highest BCUT2D eigenvalue weighted by Crippen LogP contribution is 2.42. The van der Waals surface area contributed by atoms with Crippen molar-refractivity contribution in [1.82, 2.24) is 9.13 Å². The van der Waals surface area contributed by atoms with Crippen LogP contribution in [0.5, 0.6) is 0 Å². The van der Waals surface area contributed by atoms with E-state index in [0.29, 0.717) is 11.3 Å². The molecule has 4 heteroatoms. The van der Waals surface area contributed by atoms with Crippen molar-refractivity contribution in [2.45, 2.75) is 0 Å². The Bertz CT molecular complexity index is 2760. The van der Waals surface area contributed by atoms with Gasteiger partial charge in [0.15, 0.2) is 5.69 Å². The smallest absolute Gasteiger partial charge is 0.189 e. The fourth-order valence-electron chi connectivity index (χ4n) is 7.39. The number of nitriles is 1. The first-order chi connectivity index (χ1) is 23.8. The van der Waals surface area contributed by atoms with E-state index in [1.165, 1.54) is 10.8 Å². The van der Waals surface area contributed by atoms with E-state index >= 15 is 0 Å². The number of hydrogen-bond acceptors (Lipinski definition) is 1. The quantitative estimate of drug-likeness (QED) is 0.183. The van der Waals surface area contributed by atoms with Gasteiger partial charge < -0.3 is 9.13 Å². The molecule has 0 atom stereocenters. The lowest BCUT2D eigenvalue weighted by atomic mass is 9.90. The molecule has 9 aromatic rings. The van der Waals surface area contributed by atoms with Gasteiger partial charge in [-0.25, -0.2) is 4.85 Å². The SMILES string of the molecule is [C-]#[N+]c1ccc2c3ccccc3n(-c3cccc(-c4ccccc4-c4ccccc4-n4c5ccccc5c5ccccc54)c3C#N)c2c1. The van der Waals surface area contributed by atoms with E-state index in [2.05, 4.69) is 123 Å². The van der Waals surface area contributed by atoms with Gasteiger partial charge in [-0.15, -0.1) is 0 Å². The molecule has 222 valence electrons. The Morgan fingerprint density at radius 3 is 1.50 bits per heavy atom. The van der Waals surface area contributed by atoms with Crippen LogP contribution in [0.2, 0.25) is 0 Å². The van der Waals surface area contributed by atoms with Gasteiger partial charge in [0.05, 0.1) is 40.1 Å². The molecule has 0 saturated heterocycles. The van der Waals surface area contributed by atoms with Crippen LogP contribution < -0.4 is 0 Å². The van der Waals surface area contributed by atoms with E-state index in [4.69, 9.17) is 6.57 Å². The van der Waals surface area contributed by atoms with Crippen molar-refractivity contribution in [1.29, 1.82) is 5.26 Å². The maximum absolute atomic E-state index is 10.9. The second-order valence-corrected chi connectivity index (χ2v) is 11.9. The van der Waals surface area contributed by atoms with Gasteiger partial charge in [-0.05, 0) is 47.5 Å². The second kappa shape index (κ2) is 10.9. The number of fused-ring (bicyclic) bond motifs is 6. The number of aromatic nitrogens is 2. The molecule has 0 saturated carbocycles. The number of para-hydroxylation sites is 4. The van der Waals surface area contributed by atoms with Gasteiger partial charge in [0.25, 0.3) is 0 Å². The molecule has 0 radical (unpaired) electrons. The number of benzene rings is 7. The minimum absolute atomic E-state index is 0.563. The topological polar surface area (TPSA) is 38.0 Å². The van der Waals surface area contributed by atoms with Crippen molar-refractivity contribution in [3.63, 3.8) is 0 Å². The van der Waals surface area contributed by atoms with Gasteiger partial charge in [0.2, 0.25) is 0 Å². The zero-order chi connectivity index (χ0) is 32.2. The highest BCUT2D eigenvalue weighted by molar-refractivity contribution is 6.11. The lowest BCUT2D eigenvalue weighted by Crippen LogP contribution is -2.01. The zero-order valence-electron chi connectivity index (χ0n) is 25.8. The molecule has 4 nitrogen and oxygen atoms in total. The first-order valence-electron chi connectivity index (χ1n) is 15.9. The summed E-state index contributed by atoms with van der Waals surface area (Å²) in [5.74, 6) is 0. The lowest BCUT2D eigenvalue weighted by Gasteiger charge is -2.19. The van der Waals surface area contributed by atoms with Crippen molar-refractivity contribution < 1.29 is 0 Å². The summed E-state index contributed by atoms with van der Waals surface area (Å²) in [5, 5.41) is 15.4. The Balaban J connectivity index is 1.31. The normalized spacial score (nSPS) is 11.3. The monoisotopic (exact) mass is 610 g/mol. The first-order valence-corrected chi connectivity index (χ1v) is 15.9. The Morgan fingerprint density at radius 2 is 0.896 bits per heavy atom. The van der Waals surface area contributed by atoms with Crippen LogP contribution in [0.3, 0.4) is 0 Å². The molecule has 0 aliphatic carbocycles. The number of rotatable bonds is 4. The molecular formula is C44H26N4. The van der Waals surface area contributed by atoms with Crippen LogP contribution in [0.15, 0.2) is 158 Å². The molecule has 0 aliphatic heterocycles. The highest BCUT2D eigenvalue weighted by atomic mass is 15.0. The summed E-state index contributed by atoms with van der Waals surface area (Å²) in [7, 11) is 0. The molecule has 0 spiro atoms. The fourth-order valence-corrected chi connectivity index (χ4v) is 7.39. The average Bonchev–Trinajstić information content (AvgIpc) is 3.67. The van der Waals surface area contributed by atoms with Crippen LogP contribution in [-0.4, -0.2) is 9.13 Å². The first kappa shape index (κ1) is 27.4. The maximum Gasteiger partial charge on any atom is 0.189 e. The molecule has 9 rings (SSSR count). The summed E-state index contributed by atoms with van der Waals surface area (Å²) in [5.41, 5.74) is 11.2. The predicted octanol–water partition coefficient (Wildman–Crippen LogP) is 11.6. The molecule has 0 amide bonds. The molecule has 2 heterocycles. The van der Waals surface area contributed by atoms with Crippen molar-refractivity contribution in [2.75, 3.05) is 0 Å². The molecule has 0 unspecified atom stereocenters. The summed E-state index contributed by atoms with van der Waals surface area (Å²) in [6, 6.07) is 56.7. The molecule has 0 fully saturated rings. The molecular weight excluding hydrogens is 585 g/mol. The van der Waals surface area contributed by atoms with Crippen LogP contribution in [0, 0.1) is 17.9 Å². The highest BCUT2D eigenvalue weighted by Gasteiger charge is 2.21. The largest absolute Gasteiger partial charge is 0.309 e. The molecule has 48 heavy (non-hydrogen) atoms. The summed E-state index contributed by atoms with van der Waals surface area (Å²) in [4.78, 5) is 3.72. The van der Waals surface area contributed by atoms with E-state index in [-0.39, 0.29) is 0 Å². The molecule has 0 bridgehead atoms. The average molecular weight is 611 g/mol. The van der Waals surface area contributed by atoms with E-state index in [1.54, 1.807) is 0 Å². The maximum atomic E-state index is 10.9. The van der Waals surface area contributed by atoms with Crippen LogP contribution in [0.1, 0.15) is 5.56 Å². The lowest BCUT2D eigenvalue weighted by molar-refractivity contribution is 1.17. The van der Waals surface area contributed by atoms with Gasteiger partial charge in [-0.2, -0.15) is 5.26 Å². The molecule has 0 aliphatic rings. The van der Waals surface area contributed by atoms with E-state index in [0.717, 1.165) is 66.5 Å². The van der Waals surface area contributed by atoms with Crippen molar-refractivity contribution in [3.05, 3.63) is 175 Å². The third kappa shape index (κ3) is 4.01. The molecule has 2 aromatic heterocycles. The van der Waals surface area contributed by atoms with Gasteiger partial charge >= 0.3 is 0 Å². The van der Waals surface area contributed by atoms with Crippen LogP contribution in [0.25, 0.3) is 82.1 Å². The zero-order valence-corrected chi connectivity index (χ0v) is 25.8. The third-order valence-corrected chi connectivity index (χ3v) is 9.41. The molecule has 7 aromatic carbocycles. The minimum Gasteiger partial charge on any atom is -0.309 e. The van der Waals surface area contributed by atoms with Crippen molar-refractivity contribution in [3.8, 4) is 39.7 Å². The Hall–Kier alpha value is -6.88. The Kier molecular flexibility index (Phi) is 6.22. The minimum atomic E-state index is 0.563. The predicted molar refractivity (Wildman–Crippen MR) is 197 cm³/mol. The van der Waals surface area contributed by atoms with Crippen molar-refractivity contribution in [2.24, 2.45) is 0 Å². The summed E-state index contributed by atoms with van der Waals surface area (Å²) in [6.07, 6.45) is 0.